The van der Waals surface area contributed by atoms with E-state index >= 15 is 0 Å². The SMILES string of the molecule is CCCC1CCC(O)C(N(C)C(C)CC(C)C)C1. The molecule has 1 fully saturated rings. The standard InChI is InChI=1S/C16H33NO/c1-6-7-14-8-9-16(18)15(11-14)17(5)13(4)10-12(2)3/h12-16,18H,6-11H2,1-5H3. The summed E-state index contributed by atoms with van der Waals surface area (Å²) in [6, 6.07) is 0.953. The average Bonchev–Trinajstić information content (AvgIpc) is 2.30. The molecule has 18 heavy (non-hydrogen) atoms. The van der Waals surface area contributed by atoms with Crippen molar-refractivity contribution < 1.29 is 5.11 Å². The molecule has 1 rings (SSSR count). The minimum absolute atomic E-state index is 0.113. The lowest BCUT2D eigenvalue weighted by Gasteiger charge is -2.42. The summed E-state index contributed by atoms with van der Waals surface area (Å²) in [5.74, 6) is 1.56. The first-order valence-electron chi connectivity index (χ1n) is 7.85. The molecule has 0 bridgehead atoms. The van der Waals surface area contributed by atoms with Gasteiger partial charge >= 0.3 is 0 Å². The summed E-state index contributed by atoms with van der Waals surface area (Å²) in [6.07, 6.45) is 7.12. The third kappa shape index (κ3) is 4.55. The second kappa shape index (κ2) is 7.49. The van der Waals surface area contributed by atoms with Crippen LogP contribution in [-0.2, 0) is 0 Å². The maximum absolute atomic E-state index is 10.3. The van der Waals surface area contributed by atoms with Crippen molar-refractivity contribution in [2.45, 2.75) is 84.4 Å². The molecule has 0 aromatic carbocycles. The smallest absolute Gasteiger partial charge is 0.0695 e. The van der Waals surface area contributed by atoms with Gasteiger partial charge in [0.25, 0.3) is 0 Å². The van der Waals surface area contributed by atoms with Crippen LogP contribution in [-0.4, -0.2) is 35.2 Å². The van der Waals surface area contributed by atoms with Gasteiger partial charge in [-0.15, -0.1) is 0 Å². The van der Waals surface area contributed by atoms with Gasteiger partial charge in [-0.05, 0) is 51.5 Å². The molecule has 2 nitrogen and oxygen atoms in total. The molecule has 1 saturated carbocycles. The van der Waals surface area contributed by atoms with E-state index < -0.39 is 0 Å². The van der Waals surface area contributed by atoms with Crippen molar-refractivity contribution in [3.63, 3.8) is 0 Å². The number of aliphatic hydroxyl groups is 1. The van der Waals surface area contributed by atoms with Gasteiger partial charge in [0.1, 0.15) is 0 Å². The monoisotopic (exact) mass is 255 g/mol. The zero-order valence-corrected chi connectivity index (χ0v) is 13.0. The maximum atomic E-state index is 10.3. The lowest BCUT2D eigenvalue weighted by Crippen LogP contribution is -2.49. The van der Waals surface area contributed by atoms with Crippen LogP contribution < -0.4 is 0 Å². The first kappa shape index (κ1) is 16.0. The number of hydrogen-bond acceptors (Lipinski definition) is 2. The van der Waals surface area contributed by atoms with Gasteiger partial charge in [0, 0.05) is 12.1 Å². The molecule has 0 aromatic heterocycles. The van der Waals surface area contributed by atoms with E-state index in [2.05, 4.69) is 39.6 Å². The number of likely N-dealkylation sites (N-methyl/N-ethyl adjacent to an activating group) is 1. The Labute approximate surface area is 114 Å². The molecule has 0 amide bonds. The molecule has 0 aromatic rings. The highest BCUT2D eigenvalue weighted by Crippen LogP contribution is 2.31. The van der Waals surface area contributed by atoms with Crippen LogP contribution >= 0.6 is 0 Å². The molecule has 0 aliphatic heterocycles. The fraction of sp³-hybridized carbons (Fsp3) is 1.00. The molecule has 4 atom stereocenters. The molecule has 2 heteroatoms. The lowest BCUT2D eigenvalue weighted by molar-refractivity contribution is -0.00500. The van der Waals surface area contributed by atoms with Crippen molar-refractivity contribution in [3.05, 3.63) is 0 Å². The Hall–Kier alpha value is -0.0800. The van der Waals surface area contributed by atoms with Crippen molar-refractivity contribution in [1.82, 2.24) is 4.90 Å². The third-order valence-corrected chi connectivity index (χ3v) is 4.62. The van der Waals surface area contributed by atoms with Crippen LogP contribution in [0.5, 0.6) is 0 Å². The zero-order valence-electron chi connectivity index (χ0n) is 13.0. The second-order valence-electron chi connectivity index (χ2n) is 6.75. The molecule has 4 unspecified atom stereocenters. The van der Waals surface area contributed by atoms with E-state index in [0.29, 0.717) is 12.1 Å². The number of nitrogens with zero attached hydrogens (tertiary/aromatic N) is 1. The predicted octanol–water partition coefficient (Wildman–Crippen LogP) is 3.68. The summed E-state index contributed by atoms with van der Waals surface area (Å²) in [5.41, 5.74) is 0. The van der Waals surface area contributed by atoms with Gasteiger partial charge < -0.3 is 5.11 Å². The second-order valence-corrected chi connectivity index (χ2v) is 6.75. The minimum Gasteiger partial charge on any atom is -0.391 e. The summed E-state index contributed by atoms with van der Waals surface area (Å²) in [5, 5.41) is 10.3. The van der Waals surface area contributed by atoms with E-state index in [1.807, 2.05) is 0 Å². The van der Waals surface area contributed by atoms with E-state index in [9.17, 15) is 5.11 Å². The van der Waals surface area contributed by atoms with Gasteiger partial charge in [0.05, 0.1) is 6.10 Å². The lowest BCUT2D eigenvalue weighted by atomic mass is 9.80. The van der Waals surface area contributed by atoms with Crippen molar-refractivity contribution in [1.29, 1.82) is 0 Å². The van der Waals surface area contributed by atoms with Gasteiger partial charge in [0.2, 0.25) is 0 Å². The Balaban J connectivity index is 2.55. The van der Waals surface area contributed by atoms with Crippen LogP contribution in [0.15, 0.2) is 0 Å². The zero-order chi connectivity index (χ0) is 13.7. The van der Waals surface area contributed by atoms with Crippen molar-refractivity contribution in [3.8, 4) is 0 Å². The number of rotatable bonds is 6. The van der Waals surface area contributed by atoms with E-state index in [1.165, 1.54) is 32.1 Å². The summed E-state index contributed by atoms with van der Waals surface area (Å²) < 4.78 is 0. The van der Waals surface area contributed by atoms with Crippen LogP contribution in [0.3, 0.4) is 0 Å². The Kier molecular flexibility index (Phi) is 6.65. The van der Waals surface area contributed by atoms with E-state index in [1.54, 1.807) is 0 Å². The maximum Gasteiger partial charge on any atom is 0.0695 e. The Morgan fingerprint density at radius 1 is 1.22 bits per heavy atom. The summed E-state index contributed by atoms with van der Waals surface area (Å²) in [7, 11) is 2.20. The highest BCUT2D eigenvalue weighted by Gasteiger charge is 2.33. The quantitative estimate of drug-likeness (QED) is 0.782. The normalized spacial score (nSPS) is 31.0. The number of aliphatic hydroxyl groups excluding tert-OH is 1. The van der Waals surface area contributed by atoms with Gasteiger partial charge in [0.15, 0.2) is 0 Å². The molecule has 0 radical (unpaired) electrons. The van der Waals surface area contributed by atoms with Crippen molar-refractivity contribution in [2.24, 2.45) is 11.8 Å². The average molecular weight is 255 g/mol. The van der Waals surface area contributed by atoms with Crippen LogP contribution in [0.4, 0.5) is 0 Å². The molecule has 0 saturated heterocycles. The van der Waals surface area contributed by atoms with E-state index in [4.69, 9.17) is 0 Å². The van der Waals surface area contributed by atoms with Crippen LogP contribution in [0, 0.1) is 11.8 Å². The summed E-state index contributed by atoms with van der Waals surface area (Å²) >= 11 is 0. The van der Waals surface area contributed by atoms with Crippen molar-refractivity contribution >= 4 is 0 Å². The van der Waals surface area contributed by atoms with E-state index in [0.717, 1.165) is 18.3 Å². The minimum atomic E-state index is -0.113. The Morgan fingerprint density at radius 3 is 2.44 bits per heavy atom. The van der Waals surface area contributed by atoms with Gasteiger partial charge in [-0.3, -0.25) is 4.90 Å². The highest BCUT2D eigenvalue weighted by molar-refractivity contribution is 4.87. The molecular weight excluding hydrogens is 222 g/mol. The van der Waals surface area contributed by atoms with E-state index in [-0.39, 0.29) is 6.10 Å². The molecule has 0 spiro atoms. The van der Waals surface area contributed by atoms with Gasteiger partial charge in [-0.1, -0.05) is 33.6 Å². The number of hydrogen-bond donors (Lipinski definition) is 1. The highest BCUT2D eigenvalue weighted by atomic mass is 16.3. The molecular formula is C16H33NO. The summed E-state index contributed by atoms with van der Waals surface area (Å²) in [4.78, 5) is 2.44. The fourth-order valence-electron chi connectivity index (χ4n) is 3.50. The molecule has 1 aliphatic carbocycles. The Morgan fingerprint density at radius 2 is 1.89 bits per heavy atom. The van der Waals surface area contributed by atoms with Crippen molar-refractivity contribution in [2.75, 3.05) is 7.05 Å². The largest absolute Gasteiger partial charge is 0.391 e. The van der Waals surface area contributed by atoms with Crippen LogP contribution in [0.1, 0.15) is 66.2 Å². The summed E-state index contributed by atoms with van der Waals surface area (Å²) in [6.45, 7) is 9.13. The molecule has 1 N–H and O–H groups in total. The fourth-order valence-corrected chi connectivity index (χ4v) is 3.50. The first-order valence-corrected chi connectivity index (χ1v) is 7.85. The van der Waals surface area contributed by atoms with Gasteiger partial charge in [-0.25, -0.2) is 0 Å². The topological polar surface area (TPSA) is 23.5 Å². The third-order valence-electron chi connectivity index (χ3n) is 4.62. The first-order chi connectivity index (χ1) is 8.45. The molecule has 1 aliphatic rings. The molecule has 0 heterocycles. The van der Waals surface area contributed by atoms with Crippen LogP contribution in [0.2, 0.25) is 0 Å². The predicted molar refractivity (Wildman–Crippen MR) is 78.7 cm³/mol. The van der Waals surface area contributed by atoms with Crippen LogP contribution in [0.25, 0.3) is 0 Å². The Bertz CT molecular complexity index is 229. The van der Waals surface area contributed by atoms with Gasteiger partial charge in [-0.2, -0.15) is 0 Å². The molecule has 108 valence electrons.